The summed E-state index contributed by atoms with van der Waals surface area (Å²) in [5, 5.41) is 7.34. The summed E-state index contributed by atoms with van der Waals surface area (Å²) >= 11 is 0. The van der Waals surface area contributed by atoms with Crippen LogP contribution in [-0.2, 0) is 5.41 Å². The Balaban J connectivity index is 1.00. The molecule has 1 aliphatic carbocycles. The number of benzene rings is 12. The Kier molecular flexibility index (Phi) is 9.92. The lowest BCUT2D eigenvalue weighted by molar-refractivity contribution is 0.660. The van der Waals surface area contributed by atoms with Crippen LogP contribution in [-0.4, -0.2) is 0 Å². The topological polar surface area (TPSA) is 3.24 Å². The molecule has 0 heterocycles. The molecule has 0 bridgehead atoms. The standard InChI is InChI=1S/C69H49N/c1-69(2)65-30-18-17-29-59(65)60-39-33-52(44-66(60)69)46-31-35-55(36-32-46)70(54-27-13-6-14-28-54)56-37-40-58-57-38-34-53(62-42-51-26-16-15-25-50(51)41-61(62)47-19-7-3-8-20-47)43-63(57)67(48-21-9-4-10-22-48)68(64(58)45-56)49-23-11-5-12-24-49/h3-45H,1-2H3. The van der Waals surface area contributed by atoms with Crippen LogP contribution < -0.4 is 4.90 Å². The van der Waals surface area contributed by atoms with Gasteiger partial charge in [0.15, 0.2) is 0 Å². The van der Waals surface area contributed by atoms with E-state index in [2.05, 4.69) is 280 Å². The fourth-order valence-corrected chi connectivity index (χ4v) is 11.4. The van der Waals surface area contributed by atoms with Crippen molar-refractivity contribution in [3.05, 3.63) is 272 Å². The van der Waals surface area contributed by atoms with E-state index in [1.807, 2.05) is 0 Å². The first-order chi connectivity index (χ1) is 34.5. The van der Waals surface area contributed by atoms with Crippen molar-refractivity contribution >= 4 is 49.4 Å². The van der Waals surface area contributed by atoms with Gasteiger partial charge in [-0.1, -0.05) is 214 Å². The van der Waals surface area contributed by atoms with Crippen LogP contribution in [0.2, 0.25) is 0 Å². The molecule has 1 heteroatoms. The molecule has 0 saturated carbocycles. The predicted octanol–water partition coefficient (Wildman–Crippen LogP) is 19.3. The number of anilines is 3. The van der Waals surface area contributed by atoms with Crippen molar-refractivity contribution in [3.8, 4) is 66.8 Å². The van der Waals surface area contributed by atoms with Crippen molar-refractivity contribution in [3.63, 3.8) is 0 Å². The molecule has 1 aliphatic rings. The van der Waals surface area contributed by atoms with E-state index in [-0.39, 0.29) is 5.41 Å². The van der Waals surface area contributed by atoms with E-state index in [1.165, 1.54) is 110 Å². The van der Waals surface area contributed by atoms with Crippen molar-refractivity contribution in [1.82, 2.24) is 0 Å². The molecule has 0 aromatic heterocycles. The van der Waals surface area contributed by atoms with Crippen LogP contribution in [0.1, 0.15) is 25.0 Å². The molecule has 13 rings (SSSR count). The maximum Gasteiger partial charge on any atom is 0.0468 e. The van der Waals surface area contributed by atoms with E-state index in [1.54, 1.807) is 0 Å². The van der Waals surface area contributed by atoms with Gasteiger partial charge in [0.25, 0.3) is 0 Å². The third-order valence-corrected chi connectivity index (χ3v) is 14.8. The fraction of sp³-hybridized carbons (Fsp3) is 0.0435. The predicted molar refractivity (Wildman–Crippen MR) is 298 cm³/mol. The molecule has 0 amide bonds. The first-order valence-electron chi connectivity index (χ1n) is 24.4. The molecular weight excluding hydrogens is 843 g/mol. The lowest BCUT2D eigenvalue weighted by Gasteiger charge is -2.27. The summed E-state index contributed by atoms with van der Waals surface area (Å²) in [6.07, 6.45) is 0. The lowest BCUT2D eigenvalue weighted by atomic mass is 9.81. The van der Waals surface area contributed by atoms with E-state index >= 15 is 0 Å². The average Bonchev–Trinajstić information content (AvgIpc) is 3.66. The van der Waals surface area contributed by atoms with Crippen molar-refractivity contribution in [1.29, 1.82) is 0 Å². The quantitative estimate of drug-likeness (QED) is 0.137. The van der Waals surface area contributed by atoms with Crippen molar-refractivity contribution in [2.45, 2.75) is 19.3 Å². The highest BCUT2D eigenvalue weighted by Crippen LogP contribution is 2.51. The fourth-order valence-electron chi connectivity index (χ4n) is 11.4. The first kappa shape index (κ1) is 41.4. The van der Waals surface area contributed by atoms with Crippen LogP contribution in [0, 0.1) is 0 Å². The van der Waals surface area contributed by atoms with Crippen LogP contribution in [0.25, 0.3) is 99.1 Å². The molecule has 330 valence electrons. The Morgan fingerprint density at radius 1 is 0.257 bits per heavy atom. The number of hydrogen-bond donors (Lipinski definition) is 0. The van der Waals surface area contributed by atoms with Gasteiger partial charge in [-0.2, -0.15) is 0 Å². The van der Waals surface area contributed by atoms with Gasteiger partial charge in [-0.25, -0.2) is 0 Å². The Bertz CT molecular complexity index is 3930. The SMILES string of the molecule is CC1(C)c2ccccc2-c2ccc(-c3ccc(N(c4ccccc4)c4ccc5c(c4)c(-c4ccccc4)c(-c4ccccc4)c4cc(-c6cc7ccccc7cc6-c6ccccc6)ccc45)cc3)cc21. The Hall–Kier alpha value is -8.78. The smallest absolute Gasteiger partial charge is 0.0468 e. The van der Waals surface area contributed by atoms with Gasteiger partial charge in [0.05, 0.1) is 0 Å². The van der Waals surface area contributed by atoms with Gasteiger partial charge in [0.2, 0.25) is 0 Å². The summed E-state index contributed by atoms with van der Waals surface area (Å²) in [4.78, 5) is 2.40. The zero-order valence-corrected chi connectivity index (χ0v) is 39.3. The van der Waals surface area contributed by atoms with E-state index < -0.39 is 0 Å². The van der Waals surface area contributed by atoms with Crippen molar-refractivity contribution in [2.75, 3.05) is 4.90 Å². The van der Waals surface area contributed by atoms with E-state index in [4.69, 9.17) is 0 Å². The monoisotopic (exact) mass is 891 g/mol. The molecule has 0 saturated heterocycles. The Morgan fingerprint density at radius 2 is 0.714 bits per heavy atom. The summed E-state index contributed by atoms with van der Waals surface area (Å²) in [5.41, 5.74) is 20.8. The highest BCUT2D eigenvalue weighted by Gasteiger charge is 2.35. The number of fused-ring (bicyclic) bond motifs is 7. The summed E-state index contributed by atoms with van der Waals surface area (Å²) in [7, 11) is 0. The summed E-state index contributed by atoms with van der Waals surface area (Å²) in [5.74, 6) is 0. The summed E-state index contributed by atoms with van der Waals surface area (Å²) < 4.78 is 0. The Labute approximate surface area is 410 Å². The van der Waals surface area contributed by atoms with Crippen LogP contribution in [0.15, 0.2) is 261 Å². The van der Waals surface area contributed by atoms with Crippen LogP contribution >= 0.6 is 0 Å². The second-order valence-corrected chi connectivity index (χ2v) is 19.2. The van der Waals surface area contributed by atoms with Gasteiger partial charge in [0.1, 0.15) is 0 Å². The van der Waals surface area contributed by atoms with Gasteiger partial charge in [-0.3, -0.25) is 0 Å². The first-order valence-corrected chi connectivity index (χ1v) is 24.4. The van der Waals surface area contributed by atoms with Crippen LogP contribution in [0.3, 0.4) is 0 Å². The molecule has 0 radical (unpaired) electrons. The molecule has 1 nitrogen and oxygen atoms in total. The third-order valence-electron chi connectivity index (χ3n) is 14.8. The lowest BCUT2D eigenvalue weighted by Crippen LogP contribution is -2.14. The second kappa shape index (κ2) is 16.8. The van der Waals surface area contributed by atoms with Gasteiger partial charge < -0.3 is 4.90 Å². The molecule has 0 atom stereocenters. The second-order valence-electron chi connectivity index (χ2n) is 19.2. The average molecular weight is 892 g/mol. The van der Waals surface area contributed by atoms with Crippen molar-refractivity contribution in [2.24, 2.45) is 0 Å². The van der Waals surface area contributed by atoms with E-state index in [0.29, 0.717) is 0 Å². The normalized spacial score (nSPS) is 12.5. The highest BCUT2D eigenvalue weighted by molar-refractivity contribution is 6.23. The highest BCUT2D eigenvalue weighted by atomic mass is 15.1. The summed E-state index contributed by atoms with van der Waals surface area (Å²) in [6, 6.07) is 96.3. The Morgan fingerprint density at radius 3 is 1.36 bits per heavy atom. The molecule has 70 heavy (non-hydrogen) atoms. The number of rotatable bonds is 8. The molecule has 0 spiro atoms. The van der Waals surface area contributed by atoms with Gasteiger partial charge in [-0.15, -0.1) is 0 Å². The summed E-state index contributed by atoms with van der Waals surface area (Å²) in [6.45, 7) is 4.71. The molecular formula is C69H49N. The minimum Gasteiger partial charge on any atom is -0.310 e. The number of hydrogen-bond acceptors (Lipinski definition) is 1. The minimum atomic E-state index is -0.0577. The molecule has 0 fully saturated rings. The molecule has 12 aromatic carbocycles. The van der Waals surface area contributed by atoms with Gasteiger partial charge >= 0.3 is 0 Å². The maximum absolute atomic E-state index is 2.45. The van der Waals surface area contributed by atoms with E-state index in [0.717, 1.165) is 17.1 Å². The zero-order chi connectivity index (χ0) is 46.8. The van der Waals surface area contributed by atoms with Gasteiger partial charge in [0, 0.05) is 22.5 Å². The molecule has 12 aromatic rings. The largest absolute Gasteiger partial charge is 0.310 e. The number of nitrogens with zero attached hydrogens (tertiary/aromatic N) is 1. The molecule has 0 N–H and O–H groups in total. The van der Waals surface area contributed by atoms with Crippen molar-refractivity contribution < 1.29 is 0 Å². The zero-order valence-electron chi connectivity index (χ0n) is 39.3. The van der Waals surface area contributed by atoms with Gasteiger partial charge in [-0.05, 0) is 171 Å². The molecule has 0 unspecified atom stereocenters. The van der Waals surface area contributed by atoms with Crippen LogP contribution in [0.4, 0.5) is 17.1 Å². The maximum atomic E-state index is 2.45. The van der Waals surface area contributed by atoms with Crippen LogP contribution in [0.5, 0.6) is 0 Å². The minimum absolute atomic E-state index is 0.0577. The number of para-hydroxylation sites is 1. The third kappa shape index (κ3) is 6.93. The molecule has 0 aliphatic heterocycles. The van der Waals surface area contributed by atoms with E-state index in [9.17, 15) is 0 Å².